The molecule has 1 aliphatic heterocycles. The van der Waals surface area contributed by atoms with Crippen molar-refractivity contribution < 1.29 is 17.9 Å². The Morgan fingerprint density at radius 2 is 2.09 bits per heavy atom. The molecule has 0 spiro atoms. The number of aryl methyl sites for hydroxylation is 1. The molecular formula is C23H24N6O4S. The maximum absolute atomic E-state index is 12.0. The SMILES string of the molecule is Cc1cc(-n2cc(CNCC(NS(C)(=O)=O)c3ccc4c(c3C)COC4=O)cn2)ncc1C#N. The van der Waals surface area contributed by atoms with Crippen molar-refractivity contribution in [3.8, 4) is 11.9 Å². The summed E-state index contributed by atoms with van der Waals surface area (Å²) in [5, 5.41) is 16.7. The second-order valence-electron chi connectivity index (χ2n) is 8.22. The quantitative estimate of drug-likeness (QED) is 0.466. The van der Waals surface area contributed by atoms with Gasteiger partial charge in [-0.2, -0.15) is 10.4 Å². The van der Waals surface area contributed by atoms with Crippen molar-refractivity contribution in [2.45, 2.75) is 33.0 Å². The number of nitrogens with one attached hydrogen (secondary N) is 2. The van der Waals surface area contributed by atoms with Crippen molar-refractivity contribution in [2.24, 2.45) is 0 Å². The molecular weight excluding hydrogens is 456 g/mol. The Morgan fingerprint density at radius 3 is 2.79 bits per heavy atom. The second kappa shape index (κ2) is 9.34. The van der Waals surface area contributed by atoms with Crippen LogP contribution < -0.4 is 10.0 Å². The molecule has 0 saturated heterocycles. The summed E-state index contributed by atoms with van der Waals surface area (Å²) < 4.78 is 33.5. The number of benzene rings is 1. The molecule has 0 aliphatic carbocycles. The van der Waals surface area contributed by atoms with Gasteiger partial charge in [0.05, 0.1) is 29.6 Å². The number of carbonyl (C=O) groups is 1. The summed E-state index contributed by atoms with van der Waals surface area (Å²) in [5.74, 6) is 0.240. The first-order chi connectivity index (χ1) is 16.2. The lowest BCUT2D eigenvalue weighted by molar-refractivity contribution is 0.0535. The Hall–Kier alpha value is -3.59. The first-order valence-corrected chi connectivity index (χ1v) is 12.4. The van der Waals surface area contributed by atoms with Gasteiger partial charge in [-0.1, -0.05) is 6.07 Å². The summed E-state index contributed by atoms with van der Waals surface area (Å²) in [7, 11) is -3.49. The zero-order valence-corrected chi connectivity index (χ0v) is 19.8. The normalized spacial score (nSPS) is 13.9. The molecule has 0 fully saturated rings. The van der Waals surface area contributed by atoms with E-state index in [-0.39, 0.29) is 12.6 Å². The topological polar surface area (TPSA) is 139 Å². The largest absolute Gasteiger partial charge is 0.457 e. The van der Waals surface area contributed by atoms with Gasteiger partial charge >= 0.3 is 5.97 Å². The van der Waals surface area contributed by atoms with E-state index in [9.17, 15) is 13.2 Å². The van der Waals surface area contributed by atoms with Crippen molar-refractivity contribution in [3.05, 3.63) is 75.7 Å². The summed E-state index contributed by atoms with van der Waals surface area (Å²) >= 11 is 0. The predicted molar refractivity (Wildman–Crippen MR) is 124 cm³/mol. The molecule has 11 heteroatoms. The van der Waals surface area contributed by atoms with Crippen LogP contribution in [0.4, 0.5) is 0 Å². The van der Waals surface area contributed by atoms with Gasteiger partial charge in [-0.05, 0) is 42.7 Å². The Bertz CT molecular complexity index is 1410. The molecule has 0 saturated carbocycles. The smallest absolute Gasteiger partial charge is 0.338 e. The number of nitrogens with zero attached hydrogens (tertiary/aromatic N) is 4. The third kappa shape index (κ3) is 4.99. The predicted octanol–water partition coefficient (Wildman–Crippen LogP) is 1.81. The molecule has 2 N–H and O–H groups in total. The van der Waals surface area contributed by atoms with Gasteiger partial charge in [0.2, 0.25) is 10.0 Å². The van der Waals surface area contributed by atoms with E-state index >= 15 is 0 Å². The molecule has 176 valence electrons. The standard InChI is InChI=1S/C23H24N6O4S/c1-14-6-22(26-10-17(14)7-24)29-12-16(9-27-29)8-25-11-21(28-34(3,31)32)18-4-5-19-20(15(18)2)13-33-23(19)30/h4-6,9-10,12,21,25,28H,8,11,13H2,1-3H3. The molecule has 1 aromatic carbocycles. The fourth-order valence-corrected chi connectivity index (χ4v) is 4.67. The zero-order chi connectivity index (χ0) is 24.5. The summed E-state index contributed by atoms with van der Waals surface area (Å²) in [6.45, 7) is 4.66. The Kier molecular flexibility index (Phi) is 6.47. The number of carbonyl (C=O) groups excluding carboxylic acids is 1. The van der Waals surface area contributed by atoms with Crippen LogP contribution in [0.25, 0.3) is 5.82 Å². The van der Waals surface area contributed by atoms with Crippen molar-refractivity contribution >= 4 is 16.0 Å². The lowest BCUT2D eigenvalue weighted by Crippen LogP contribution is -2.35. The van der Waals surface area contributed by atoms with E-state index in [0.717, 1.165) is 34.1 Å². The molecule has 10 nitrogen and oxygen atoms in total. The highest BCUT2D eigenvalue weighted by molar-refractivity contribution is 7.88. The fraction of sp³-hybridized carbons (Fsp3) is 0.304. The molecule has 2 aromatic heterocycles. The molecule has 4 rings (SSSR count). The van der Waals surface area contributed by atoms with Crippen LogP contribution in [0.15, 0.2) is 36.8 Å². The molecule has 3 heterocycles. The van der Waals surface area contributed by atoms with Crippen LogP contribution in [0.3, 0.4) is 0 Å². The minimum Gasteiger partial charge on any atom is -0.457 e. The number of rotatable bonds is 8. The average Bonchev–Trinajstić information content (AvgIpc) is 3.40. The van der Waals surface area contributed by atoms with Crippen molar-refractivity contribution in [3.63, 3.8) is 0 Å². The number of hydrogen-bond donors (Lipinski definition) is 2. The second-order valence-corrected chi connectivity index (χ2v) is 10.00. The first kappa shape index (κ1) is 23.6. The molecule has 0 radical (unpaired) electrons. The van der Waals surface area contributed by atoms with Gasteiger partial charge in [0.15, 0.2) is 5.82 Å². The number of cyclic esters (lactones) is 1. The summed E-state index contributed by atoms with van der Waals surface area (Å²) in [6.07, 6.45) is 6.16. The average molecular weight is 481 g/mol. The lowest BCUT2D eigenvalue weighted by atomic mass is 9.94. The maximum Gasteiger partial charge on any atom is 0.338 e. The van der Waals surface area contributed by atoms with Gasteiger partial charge in [-0.15, -0.1) is 0 Å². The third-order valence-electron chi connectivity index (χ3n) is 5.70. The van der Waals surface area contributed by atoms with Crippen LogP contribution in [0.2, 0.25) is 0 Å². The number of esters is 1. The molecule has 0 bridgehead atoms. The molecule has 1 atom stereocenters. The summed E-state index contributed by atoms with van der Waals surface area (Å²) in [6, 6.07) is 6.80. The van der Waals surface area contributed by atoms with Gasteiger partial charge in [0, 0.05) is 36.6 Å². The Labute approximate surface area is 197 Å². The van der Waals surface area contributed by atoms with Crippen LogP contribution in [-0.2, 0) is 27.9 Å². The molecule has 34 heavy (non-hydrogen) atoms. The third-order valence-corrected chi connectivity index (χ3v) is 6.42. The molecule has 3 aromatic rings. The van der Waals surface area contributed by atoms with Crippen molar-refractivity contribution in [1.29, 1.82) is 5.26 Å². The van der Waals surface area contributed by atoms with E-state index in [1.54, 1.807) is 29.1 Å². The monoisotopic (exact) mass is 480 g/mol. The van der Waals surface area contributed by atoms with Crippen molar-refractivity contribution in [1.82, 2.24) is 24.8 Å². The van der Waals surface area contributed by atoms with E-state index in [1.165, 1.54) is 6.20 Å². The van der Waals surface area contributed by atoms with Crippen LogP contribution in [0, 0.1) is 25.2 Å². The van der Waals surface area contributed by atoms with E-state index < -0.39 is 16.1 Å². The highest BCUT2D eigenvalue weighted by atomic mass is 32.2. The minimum atomic E-state index is -3.49. The number of nitriles is 1. The minimum absolute atomic E-state index is 0.189. The number of pyridine rings is 1. The highest BCUT2D eigenvalue weighted by Crippen LogP contribution is 2.29. The van der Waals surface area contributed by atoms with E-state index in [4.69, 9.17) is 10.00 Å². The molecule has 1 unspecified atom stereocenters. The maximum atomic E-state index is 12.0. The van der Waals surface area contributed by atoms with Crippen molar-refractivity contribution in [2.75, 3.05) is 12.8 Å². The number of ether oxygens (including phenoxy) is 1. The fourth-order valence-electron chi connectivity index (χ4n) is 3.94. The summed E-state index contributed by atoms with van der Waals surface area (Å²) in [4.78, 5) is 16.1. The number of fused-ring (bicyclic) bond motifs is 1. The van der Waals surface area contributed by atoms with Crippen LogP contribution in [0.1, 0.15) is 49.8 Å². The molecule has 1 aliphatic rings. The Balaban J connectivity index is 1.48. The highest BCUT2D eigenvalue weighted by Gasteiger charge is 2.27. The molecule has 0 amide bonds. The van der Waals surface area contributed by atoms with E-state index in [1.807, 2.05) is 20.0 Å². The van der Waals surface area contributed by atoms with Gasteiger partial charge in [0.1, 0.15) is 12.7 Å². The first-order valence-electron chi connectivity index (χ1n) is 10.5. The van der Waals surface area contributed by atoms with E-state index in [0.29, 0.717) is 30.0 Å². The zero-order valence-electron chi connectivity index (χ0n) is 19.0. The lowest BCUT2D eigenvalue weighted by Gasteiger charge is -2.21. The summed E-state index contributed by atoms with van der Waals surface area (Å²) in [5.41, 5.74) is 5.13. The van der Waals surface area contributed by atoms with Gasteiger partial charge < -0.3 is 10.1 Å². The number of sulfonamides is 1. The van der Waals surface area contributed by atoms with Crippen LogP contribution in [-0.4, -0.2) is 42.0 Å². The Morgan fingerprint density at radius 1 is 1.29 bits per heavy atom. The number of aromatic nitrogens is 3. The number of hydrogen-bond acceptors (Lipinski definition) is 8. The van der Waals surface area contributed by atoms with Gasteiger partial charge in [-0.25, -0.2) is 27.6 Å². The van der Waals surface area contributed by atoms with Gasteiger partial charge in [-0.3, -0.25) is 0 Å². The van der Waals surface area contributed by atoms with Crippen LogP contribution in [0.5, 0.6) is 0 Å². The van der Waals surface area contributed by atoms with E-state index in [2.05, 4.69) is 26.2 Å². The van der Waals surface area contributed by atoms with Crippen LogP contribution >= 0.6 is 0 Å². The van der Waals surface area contributed by atoms with Gasteiger partial charge in [0.25, 0.3) is 0 Å².